The van der Waals surface area contributed by atoms with Gasteiger partial charge in [0.1, 0.15) is 10.7 Å². The fourth-order valence-electron chi connectivity index (χ4n) is 1.32. The van der Waals surface area contributed by atoms with Crippen LogP contribution in [0.15, 0.2) is 0 Å². The molecule has 0 unspecified atom stereocenters. The van der Waals surface area contributed by atoms with Crippen LogP contribution in [0, 0.1) is 0 Å². The molecule has 6 nitrogen and oxygen atoms in total. The largest absolute Gasteiger partial charge is 0.396 e. The highest BCUT2D eigenvalue weighted by molar-refractivity contribution is 7.18. The Morgan fingerprint density at radius 3 is 3.00 bits per heavy atom. The van der Waals surface area contributed by atoms with E-state index in [1.54, 1.807) is 0 Å². The zero-order valence-electron chi connectivity index (χ0n) is 9.40. The Bertz CT molecular complexity index is 403. The van der Waals surface area contributed by atoms with Gasteiger partial charge in [0.05, 0.1) is 0 Å². The summed E-state index contributed by atoms with van der Waals surface area (Å²) in [6.45, 7) is 0.505. The van der Waals surface area contributed by atoms with Crippen molar-refractivity contribution < 1.29 is 9.90 Å². The third-order valence-electron chi connectivity index (χ3n) is 2.38. The topological polar surface area (TPSA) is 100 Å². The molecule has 1 saturated carbocycles. The van der Waals surface area contributed by atoms with Crippen LogP contribution in [0.4, 0.5) is 10.9 Å². The van der Waals surface area contributed by atoms with Gasteiger partial charge in [-0.05, 0) is 19.3 Å². The van der Waals surface area contributed by atoms with E-state index in [1.165, 1.54) is 11.3 Å². The minimum atomic E-state index is -0.225. The number of aromatic nitrogens is 1. The van der Waals surface area contributed by atoms with Gasteiger partial charge in [-0.2, -0.15) is 0 Å². The first kappa shape index (κ1) is 12.1. The van der Waals surface area contributed by atoms with Crippen molar-refractivity contribution in [3.8, 4) is 0 Å². The predicted octanol–water partition coefficient (Wildman–Crippen LogP) is 0.412. The number of carbonyl (C=O) groups is 1. The number of aliphatic hydroxyl groups excluding tert-OH is 1. The molecule has 0 saturated heterocycles. The molecule has 17 heavy (non-hydrogen) atoms. The van der Waals surface area contributed by atoms with Crippen LogP contribution >= 0.6 is 11.3 Å². The summed E-state index contributed by atoms with van der Waals surface area (Å²) in [5, 5.41) is 15.2. The van der Waals surface area contributed by atoms with E-state index >= 15 is 0 Å². The second kappa shape index (κ2) is 5.33. The van der Waals surface area contributed by atoms with E-state index in [0.717, 1.165) is 12.8 Å². The van der Waals surface area contributed by atoms with Crippen LogP contribution in [0.3, 0.4) is 0 Å². The van der Waals surface area contributed by atoms with Crippen molar-refractivity contribution >= 4 is 28.2 Å². The van der Waals surface area contributed by atoms with Crippen molar-refractivity contribution in [1.29, 1.82) is 0 Å². The number of nitrogens with two attached hydrogens (primary N) is 1. The molecule has 1 aliphatic rings. The molecule has 5 N–H and O–H groups in total. The van der Waals surface area contributed by atoms with Crippen molar-refractivity contribution in [3.63, 3.8) is 0 Å². The van der Waals surface area contributed by atoms with Crippen LogP contribution < -0.4 is 16.4 Å². The molecule has 7 heteroatoms. The Morgan fingerprint density at radius 2 is 2.35 bits per heavy atom. The Labute approximate surface area is 103 Å². The van der Waals surface area contributed by atoms with E-state index in [4.69, 9.17) is 10.8 Å². The van der Waals surface area contributed by atoms with Gasteiger partial charge in [0.2, 0.25) is 0 Å². The third-order valence-corrected chi connectivity index (χ3v) is 3.39. The lowest BCUT2D eigenvalue weighted by atomic mass is 10.4. The van der Waals surface area contributed by atoms with Gasteiger partial charge in [-0.25, -0.2) is 4.98 Å². The number of hydrogen-bond donors (Lipinski definition) is 4. The number of carbonyl (C=O) groups excluding carboxylic acids is 1. The summed E-state index contributed by atoms with van der Waals surface area (Å²) in [7, 11) is 0. The molecule has 1 fully saturated rings. The van der Waals surface area contributed by atoms with Gasteiger partial charge in [-0.15, -0.1) is 0 Å². The first-order chi connectivity index (χ1) is 8.20. The lowest BCUT2D eigenvalue weighted by molar-refractivity contribution is 0.0956. The van der Waals surface area contributed by atoms with Crippen molar-refractivity contribution in [2.24, 2.45) is 0 Å². The number of rotatable bonds is 6. The van der Waals surface area contributed by atoms with E-state index in [1.807, 2.05) is 0 Å². The monoisotopic (exact) mass is 256 g/mol. The molecule has 0 aliphatic heterocycles. The van der Waals surface area contributed by atoms with Gasteiger partial charge in [0.15, 0.2) is 5.13 Å². The Balaban J connectivity index is 1.93. The number of nitrogen functional groups attached to an aromatic ring is 1. The average Bonchev–Trinajstić information content (AvgIpc) is 3.02. The molecule has 1 aliphatic carbocycles. The summed E-state index contributed by atoms with van der Waals surface area (Å²) in [6, 6.07) is 0.492. The number of aliphatic hydroxyl groups is 1. The first-order valence-corrected chi connectivity index (χ1v) is 6.44. The highest BCUT2D eigenvalue weighted by Gasteiger charge is 2.24. The maximum absolute atomic E-state index is 11.7. The summed E-state index contributed by atoms with van der Waals surface area (Å²) in [4.78, 5) is 16.3. The molecule has 1 aromatic rings. The van der Waals surface area contributed by atoms with Crippen molar-refractivity contribution in [1.82, 2.24) is 10.3 Å². The zero-order chi connectivity index (χ0) is 12.3. The number of thiazole rings is 1. The summed E-state index contributed by atoms with van der Waals surface area (Å²) in [5.74, 6) is 0.0388. The summed E-state index contributed by atoms with van der Waals surface area (Å²) in [5.41, 5.74) is 5.69. The number of anilines is 2. The molecule has 2 rings (SSSR count). The summed E-state index contributed by atoms with van der Waals surface area (Å²) in [6.07, 6.45) is 2.84. The maximum Gasteiger partial charge on any atom is 0.265 e. The minimum Gasteiger partial charge on any atom is -0.396 e. The summed E-state index contributed by atoms with van der Waals surface area (Å²) < 4.78 is 0. The Hall–Kier alpha value is -1.34. The third kappa shape index (κ3) is 3.31. The molecular formula is C10H16N4O2S. The van der Waals surface area contributed by atoms with E-state index in [0.29, 0.717) is 29.0 Å². The fraction of sp³-hybridized carbons (Fsp3) is 0.600. The van der Waals surface area contributed by atoms with Crippen LogP contribution in [0.25, 0.3) is 0 Å². The SMILES string of the molecule is Nc1nc(NC2CC2)sc1C(=O)NCCCO. The standard InChI is InChI=1S/C10H16N4O2S/c11-8-7(9(16)12-4-1-5-15)17-10(14-8)13-6-2-3-6/h6,15H,1-5,11H2,(H,12,16)(H,13,14). The molecule has 94 valence electrons. The molecular weight excluding hydrogens is 240 g/mol. The summed E-state index contributed by atoms with van der Waals surface area (Å²) >= 11 is 1.27. The number of hydrogen-bond acceptors (Lipinski definition) is 6. The molecule has 0 aromatic carbocycles. The van der Waals surface area contributed by atoms with Gasteiger partial charge in [0, 0.05) is 19.2 Å². The van der Waals surface area contributed by atoms with Gasteiger partial charge in [-0.1, -0.05) is 11.3 Å². The lowest BCUT2D eigenvalue weighted by Gasteiger charge is -2.01. The first-order valence-electron chi connectivity index (χ1n) is 5.62. The fourth-order valence-corrected chi connectivity index (χ4v) is 2.20. The molecule has 0 bridgehead atoms. The molecule has 1 amide bonds. The second-order valence-corrected chi connectivity index (χ2v) is 4.98. The van der Waals surface area contributed by atoms with Gasteiger partial charge >= 0.3 is 0 Å². The molecule has 0 spiro atoms. The number of amides is 1. The van der Waals surface area contributed by atoms with Gasteiger partial charge in [-0.3, -0.25) is 4.79 Å². The van der Waals surface area contributed by atoms with Crippen molar-refractivity contribution in [3.05, 3.63) is 4.88 Å². The van der Waals surface area contributed by atoms with E-state index in [9.17, 15) is 4.79 Å². The minimum absolute atomic E-state index is 0.0624. The van der Waals surface area contributed by atoms with Crippen molar-refractivity contribution in [2.75, 3.05) is 24.2 Å². The van der Waals surface area contributed by atoms with Crippen LogP contribution in [0.5, 0.6) is 0 Å². The Kier molecular flexibility index (Phi) is 3.80. The van der Waals surface area contributed by atoms with Crippen molar-refractivity contribution in [2.45, 2.75) is 25.3 Å². The van der Waals surface area contributed by atoms with E-state index in [2.05, 4.69) is 15.6 Å². The molecule has 1 aromatic heterocycles. The normalized spacial score (nSPS) is 14.6. The lowest BCUT2D eigenvalue weighted by Crippen LogP contribution is -2.24. The number of nitrogens with zero attached hydrogens (tertiary/aromatic N) is 1. The maximum atomic E-state index is 11.7. The smallest absolute Gasteiger partial charge is 0.265 e. The number of nitrogens with one attached hydrogen (secondary N) is 2. The van der Waals surface area contributed by atoms with Crippen LogP contribution in [-0.4, -0.2) is 35.2 Å². The second-order valence-electron chi connectivity index (χ2n) is 3.99. The van der Waals surface area contributed by atoms with E-state index in [-0.39, 0.29) is 18.3 Å². The van der Waals surface area contributed by atoms with Gasteiger partial charge < -0.3 is 21.5 Å². The van der Waals surface area contributed by atoms with Crippen LogP contribution in [0.1, 0.15) is 28.9 Å². The quantitative estimate of drug-likeness (QED) is 0.552. The average molecular weight is 256 g/mol. The predicted molar refractivity (Wildman–Crippen MR) is 67.2 cm³/mol. The highest BCUT2D eigenvalue weighted by atomic mass is 32.1. The zero-order valence-corrected chi connectivity index (χ0v) is 10.2. The molecule has 1 heterocycles. The Morgan fingerprint density at radius 1 is 1.59 bits per heavy atom. The van der Waals surface area contributed by atoms with E-state index < -0.39 is 0 Å². The molecule has 0 radical (unpaired) electrons. The van der Waals surface area contributed by atoms with Crippen LogP contribution in [-0.2, 0) is 0 Å². The van der Waals surface area contributed by atoms with Crippen LogP contribution in [0.2, 0.25) is 0 Å². The van der Waals surface area contributed by atoms with Gasteiger partial charge in [0.25, 0.3) is 5.91 Å². The highest BCUT2D eigenvalue weighted by Crippen LogP contribution is 2.30. The molecule has 0 atom stereocenters.